The Labute approximate surface area is 58.0 Å². The van der Waals surface area contributed by atoms with Crippen molar-refractivity contribution < 1.29 is 8.76 Å². The van der Waals surface area contributed by atoms with Crippen molar-refractivity contribution in [3.8, 4) is 6.07 Å². The quantitative estimate of drug-likeness (QED) is 0.517. The summed E-state index contributed by atoms with van der Waals surface area (Å²) in [7, 11) is 0. The normalized spacial score (nSPS) is 10.4. The minimum Gasteiger partial charge on any atom is -0.772 e. The smallest absolute Gasteiger partial charge is 0.0618 e. The summed E-state index contributed by atoms with van der Waals surface area (Å²) in [5.41, 5.74) is 0. The van der Waals surface area contributed by atoms with Crippen LogP contribution in [0.3, 0.4) is 0 Å². The lowest BCUT2D eigenvalue weighted by molar-refractivity contribution is 0.538. The SMILES string of the molecule is CCC#N.CCS(=O)[O-]. The lowest BCUT2D eigenvalue weighted by Crippen LogP contribution is -1.85. The molecule has 0 saturated carbocycles. The molecule has 0 amide bonds. The third kappa shape index (κ3) is 35.3. The first-order valence-electron chi connectivity index (χ1n) is 2.61. The van der Waals surface area contributed by atoms with Crippen molar-refractivity contribution in [1.29, 1.82) is 5.26 Å². The molecule has 0 bridgehead atoms. The Morgan fingerprint density at radius 1 is 1.67 bits per heavy atom. The molecule has 0 saturated heterocycles. The zero-order chi connectivity index (χ0) is 7.70. The summed E-state index contributed by atoms with van der Waals surface area (Å²) in [5, 5.41) is 7.62. The van der Waals surface area contributed by atoms with Crippen LogP contribution in [-0.2, 0) is 11.1 Å². The molecule has 0 radical (unpaired) electrons. The van der Waals surface area contributed by atoms with E-state index in [9.17, 15) is 8.76 Å². The molecule has 0 aromatic carbocycles. The van der Waals surface area contributed by atoms with Crippen LogP contribution in [0.15, 0.2) is 0 Å². The zero-order valence-electron chi connectivity index (χ0n) is 5.59. The van der Waals surface area contributed by atoms with Crippen LogP contribution in [0.25, 0.3) is 0 Å². The molecular formula is C5H10NO2S-. The molecular weight excluding hydrogens is 138 g/mol. The predicted molar refractivity (Wildman–Crippen MR) is 35.4 cm³/mol. The number of nitrogens with zero attached hydrogens (tertiary/aromatic N) is 1. The Bertz CT molecular complexity index is 108. The van der Waals surface area contributed by atoms with Gasteiger partial charge in [-0.15, -0.1) is 0 Å². The van der Waals surface area contributed by atoms with Gasteiger partial charge in [0, 0.05) is 12.2 Å². The van der Waals surface area contributed by atoms with E-state index < -0.39 is 11.1 Å². The molecule has 0 N–H and O–H groups in total. The van der Waals surface area contributed by atoms with Gasteiger partial charge in [0.25, 0.3) is 0 Å². The van der Waals surface area contributed by atoms with Gasteiger partial charge < -0.3 is 4.55 Å². The third-order valence-electron chi connectivity index (χ3n) is 0.394. The van der Waals surface area contributed by atoms with Gasteiger partial charge in [-0.05, 0) is 0 Å². The molecule has 0 aliphatic carbocycles. The van der Waals surface area contributed by atoms with E-state index in [0.717, 1.165) is 0 Å². The molecule has 9 heavy (non-hydrogen) atoms. The maximum Gasteiger partial charge on any atom is 0.0618 e. The summed E-state index contributed by atoms with van der Waals surface area (Å²) in [6.07, 6.45) is 0.625. The first kappa shape index (κ1) is 11.4. The Kier molecular flexibility index (Phi) is 13.4. The molecule has 4 heteroatoms. The van der Waals surface area contributed by atoms with Crippen LogP contribution in [0.4, 0.5) is 0 Å². The van der Waals surface area contributed by atoms with E-state index in [1.54, 1.807) is 6.92 Å². The highest BCUT2D eigenvalue weighted by Crippen LogP contribution is 1.63. The van der Waals surface area contributed by atoms with E-state index in [2.05, 4.69) is 0 Å². The summed E-state index contributed by atoms with van der Waals surface area (Å²) < 4.78 is 18.7. The fourth-order valence-electron chi connectivity index (χ4n) is 0. The molecule has 0 aliphatic heterocycles. The zero-order valence-corrected chi connectivity index (χ0v) is 6.40. The second-order valence-electron chi connectivity index (χ2n) is 1.10. The Morgan fingerprint density at radius 3 is 1.89 bits per heavy atom. The molecule has 0 aromatic heterocycles. The van der Waals surface area contributed by atoms with Gasteiger partial charge in [-0.3, -0.25) is 4.21 Å². The predicted octanol–water partition coefficient (Wildman–Crippen LogP) is 0.805. The Morgan fingerprint density at radius 2 is 1.89 bits per heavy atom. The molecule has 0 aromatic rings. The summed E-state index contributed by atoms with van der Waals surface area (Å²) in [6, 6.07) is 1.93. The van der Waals surface area contributed by atoms with Crippen LogP contribution in [0, 0.1) is 11.3 Å². The van der Waals surface area contributed by atoms with Gasteiger partial charge in [0.15, 0.2) is 0 Å². The minimum absolute atomic E-state index is 0.222. The van der Waals surface area contributed by atoms with Gasteiger partial charge in [0.05, 0.1) is 6.07 Å². The lowest BCUT2D eigenvalue weighted by Gasteiger charge is -1.93. The molecule has 0 heterocycles. The molecule has 3 nitrogen and oxygen atoms in total. The Hall–Kier alpha value is -0.400. The Balaban J connectivity index is 0. The van der Waals surface area contributed by atoms with E-state index in [0.29, 0.717) is 6.42 Å². The van der Waals surface area contributed by atoms with Gasteiger partial charge >= 0.3 is 0 Å². The second kappa shape index (κ2) is 10.6. The lowest BCUT2D eigenvalue weighted by atomic mass is 10.6. The highest BCUT2D eigenvalue weighted by atomic mass is 32.2. The highest BCUT2D eigenvalue weighted by Gasteiger charge is 1.62. The van der Waals surface area contributed by atoms with Crippen molar-refractivity contribution in [2.24, 2.45) is 0 Å². The van der Waals surface area contributed by atoms with E-state index in [1.165, 1.54) is 0 Å². The van der Waals surface area contributed by atoms with Crippen LogP contribution >= 0.6 is 0 Å². The summed E-state index contributed by atoms with van der Waals surface area (Å²) in [4.78, 5) is 0. The molecule has 0 spiro atoms. The first-order chi connectivity index (χ1) is 4.18. The number of nitriles is 1. The van der Waals surface area contributed by atoms with Gasteiger partial charge in [-0.1, -0.05) is 24.9 Å². The van der Waals surface area contributed by atoms with Gasteiger partial charge in [0.2, 0.25) is 0 Å². The van der Waals surface area contributed by atoms with Crippen molar-refractivity contribution in [1.82, 2.24) is 0 Å². The first-order valence-corrected chi connectivity index (χ1v) is 3.86. The van der Waals surface area contributed by atoms with Gasteiger partial charge in [0.1, 0.15) is 0 Å². The number of hydrogen-bond acceptors (Lipinski definition) is 3. The fourth-order valence-corrected chi connectivity index (χ4v) is 0. The standard InChI is InChI=1S/C3H5N.C2H6O2S/c1-2-3-4;1-2-5(3)4/h2H2,1H3;2H2,1H3,(H,3,4)/p-1. The summed E-state index contributed by atoms with van der Waals surface area (Å²) in [6.45, 7) is 3.41. The van der Waals surface area contributed by atoms with Crippen LogP contribution in [0.5, 0.6) is 0 Å². The maximum absolute atomic E-state index is 9.37. The van der Waals surface area contributed by atoms with Crippen molar-refractivity contribution in [3.05, 3.63) is 0 Å². The molecule has 0 aliphatic rings. The summed E-state index contributed by atoms with van der Waals surface area (Å²) in [5.74, 6) is 0.222. The molecule has 1 atom stereocenters. The van der Waals surface area contributed by atoms with E-state index in [-0.39, 0.29) is 5.75 Å². The average Bonchev–Trinajstić information content (AvgIpc) is 1.89. The van der Waals surface area contributed by atoms with Crippen molar-refractivity contribution in [2.45, 2.75) is 20.3 Å². The largest absolute Gasteiger partial charge is 0.772 e. The van der Waals surface area contributed by atoms with Crippen molar-refractivity contribution in [2.75, 3.05) is 5.75 Å². The topological polar surface area (TPSA) is 63.9 Å². The van der Waals surface area contributed by atoms with E-state index in [4.69, 9.17) is 5.26 Å². The van der Waals surface area contributed by atoms with Crippen LogP contribution < -0.4 is 0 Å². The maximum atomic E-state index is 9.37. The number of rotatable bonds is 1. The minimum atomic E-state index is -1.82. The van der Waals surface area contributed by atoms with Crippen LogP contribution in [-0.4, -0.2) is 14.5 Å². The summed E-state index contributed by atoms with van der Waals surface area (Å²) >= 11 is -1.82. The monoisotopic (exact) mass is 148 g/mol. The van der Waals surface area contributed by atoms with Gasteiger partial charge in [-0.2, -0.15) is 5.26 Å². The van der Waals surface area contributed by atoms with Crippen LogP contribution in [0.2, 0.25) is 0 Å². The van der Waals surface area contributed by atoms with Crippen molar-refractivity contribution in [3.63, 3.8) is 0 Å². The molecule has 54 valence electrons. The van der Waals surface area contributed by atoms with Crippen LogP contribution in [0.1, 0.15) is 20.3 Å². The second-order valence-corrected chi connectivity index (χ2v) is 2.29. The van der Waals surface area contributed by atoms with Gasteiger partial charge in [-0.25, -0.2) is 0 Å². The molecule has 1 unspecified atom stereocenters. The average molecular weight is 148 g/mol. The number of hydrogen-bond donors (Lipinski definition) is 0. The van der Waals surface area contributed by atoms with E-state index >= 15 is 0 Å². The third-order valence-corrected chi connectivity index (χ3v) is 0.865. The highest BCUT2D eigenvalue weighted by molar-refractivity contribution is 7.79. The fraction of sp³-hybridized carbons (Fsp3) is 0.800. The van der Waals surface area contributed by atoms with E-state index in [1.807, 2.05) is 13.0 Å². The molecule has 0 fully saturated rings. The van der Waals surface area contributed by atoms with Crippen molar-refractivity contribution >= 4 is 11.1 Å². The molecule has 0 rings (SSSR count).